The zero-order chi connectivity index (χ0) is 61.7. The van der Waals surface area contributed by atoms with Crippen LogP contribution in [-0.4, -0.2) is 152 Å². The predicted octanol–water partition coefficient (Wildman–Crippen LogP) is 3.52. The zero-order valence-electron chi connectivity index (χ0n) is 46.8. The molecule has 6 rings (SSSR count). The second-order valence-corrected chi connectivity index (χ2v) is 21.2. The molecular formula is C57H60N6O20S. The van der Waals surface area contributed by atoms with Crippen molar-refractivity contribution in [2.75, 3.05) is 32.7 Å². The van der Waals surface area contributed by atoms with E-state index in [1.54, 1.807) is 32.0 Å². The highest BCUT2D eigenvalue weighted by molar-refractivity contribution is 8.01. The summed E-state index contributed by atoms with van der Waals surface area (Å²) in [7, 11) is 0. The van der Waals surface area contributed by atoms with Crippen LogP contribution in [0.3, 0.4) is 0 Å². The minimum Gasteiger partial charge on any atom is -0.480 e. The van der Waals surface area contributed by atoms with Gasteiger partial charge in [-0.3, -0.25) is 57.5 Å². The van der Waals surface area contributed by atoms with Gasteiger partial charge >= 0.3 is 41.8 Å². The van der Waals surface area contributed by atoms with Crippen LogP contribution in [0.5, 0.6) is 34.5 Å². The third-order valence-electron chi connectivity index (χ3n) is 12.5. The molecule has 26 nitrogen and oxygen atoms in total. The Bertz CT molecular complexity index is 3300. The van der Waals surface area contributed by atoms with Crippen molar-refractivity contribution in [2.24, 2.45) is 0 Å². The van der Waals surface area contributed by atoms with Gasteiger partial charge in [-0.1, -0.05) is 48.5 Å². The fourth-order valence-electron chi connectivity index (χ4n) is 9.15. The fraction of sp³-hybridized carbons (Fsp3) is 0.351. The molecule has 0 aromatic heterocycles. The number of carboxylic acids is 1. The molecule has 27 heteroatoms. The number of nitrogens with one attached hydrogen (secondary N) is 3. The van der Waals surface area contributed by atoms with Gasteiger partial charge in [0.2, 0.25) is 17.7 Å². The number of β-lactam (4-membered cyclic amide) rings is 1. The number of thioether (sulfide) groups is 1. The van der Waals surface area contributed by atoms with E-state index in [2.05, 4.69) is 16.0 Å². The average molecular weight is 1180 g/mol. The lowest BCUT2D eigenvalue weighted by atomic mass is 9.95. The van der Waals surface area contributed by atoms with Crippen LogP contribution >= 0.6 is 11.8 Å². The van der Waals surface area contributed by atoms with Gasteiger partial charge in [-0.2, -0.15) is 0 Å². The third kappa shape index (κ3) is 15.9. The molecule has 0 radical (unpaired) electrons. The maximum Gasteiger partial charge on any atom is 0.327 e. The Labute approximate surface area is 484 Å². The maximum atomic E-state index is 14.9. The van der Waals surface area contributed by atoms with Crippen LogP contribution in [0.2, 0.25) is 0 Å². The molecule has 6 amide bonds. The summed E-state index contributed by atoms with van der Waals surface area (Å²) in [5.74, 6) is -13.4. The second kappa shape index (κ2) is 27.9. The van der Waals surface area contributed by atoms with Crippen molar-refractivity contribution in [2.45, 2.75) is 96.5 Å². The predicted molar refractivity (Wildman–Crippen MR) is 294 cm³/mol. The van der Waals surface area contributed by atoms with Crippen molar-refractivity contribution in [3.8, 4) is 34.5 Å². The number of para-hydroxylation sites is 3. The number of rotatable bonds is 24. The van der Waals surface area contributed by atoms with Gasteiger partial charge in [0.1, 0.15) is 23.5 Å². The van der Waals surface area contributed by atoms with Crippen molar-refractivity contribution in [1.29, 1.82) is 0 Å². The Morgan fingerprint density at radius 2 is 1.02 bits per heavy atom. The van der Waals surface area contributed by atoms with Crippen LogP contribution < -0.4 is 44.4 Å². The van der Waals surface area contributed by atoms with Crippen molar-refractivity contribution < 1.29 is 95.9 Å². The van der Waals surface area contributed by atoms with Gasteiger partial charge in [-0.25, -0.2) is 4.79 Å². The van der Waals surface area contributed by atoms with Crippen molar-refractivity contribution in [3.05, 3.63) is 107 Å². The lowest BCUT2D eigenvalue weighted by Crippen LogP contribution is -2.71. The van der Waals surface area contributed by atoms with Crippen molar-refractivity contribution >= 4 is 89.0 Å². The SMILES string of the molecule is CC(=O)Oc1cccc(C(=O)NCCCN(CCCN(CC(=O)NC(C(=O)N[C@@H]2C(=O)N3[C@@H]2SC(C)(C)[C@@H]3C(=O)O)c2ccccc2)C(=O)c2cccc(OC(C)=O)c2OC(C)=O)C(=O)c2cccc(OC(C)=O)c2OC(C)=O)c1OC(C)=O. The molecule has 2 heterocycles. The molecule has 84 heavy (non-hydrogen) atoms. The van der Waals surface area contributed by atoms with Crippen LogP contribution in [0.4, 0.5) is 0 Å². The molecule has 4 atom stereocenters. The molecular weight excluding hydrogens is 1120 g/mol. The monoisotopic (exact) mass is 1180 g/mol. The fourth-order valence-corrected chi connectivity index (χ4v) is 10.8. The molecule has 2 aliphatic rings. The van der Waals surface area contributed by atoms with E-state index in [1.165, 1.54) is 88.3 Å². The Balaban J connectivity index is 1.32. The van der Waals surface area contributed by atoms with Crippen molar-refractivity contribution in [3.63, 3.8) is 0 Å². The van der Waals surface area contributed by atoms with Gasteiger partial charge in [0.05, 0.1) is 23.2 Å². The second-order valence-electron chi connectivity index (χ2n) is 19.4. The van der Waals surface area contributed by atoms with Gasteiger partial charge in [-0.05, 0) is 68.7 Å². The molecule has 0 bridgehead atoms. The van der Waals surface area contributed by atoms with E-state index in [1.807, 2.05) is 0 Å². The quantitative estimate of drug-likeness (QED) is 0.0337. The van der Waals surface area contributed by atoms with Gasteiger partial charge in [0, 0.05) is 72.5 Å². The number of nitrogens with zero attached hydrogens (tertiary/aromatic N) is 3. The molecule has 4 N–H and O–H groups in total. The maximum absolute atomic E-state index is 14.9. The van der Waals surface area contributed by atoms with E-state index >= 15 is 0 Å². The molecule has 2 fully saturated rings. The minimum atomic E-state index is -1.51. The number of carbonyl (C=O) groups excluding carboxylic acids is 12. The zero-order valence-corrected chi connectivity index (χ0v) is 47.6. The van der Waals surface area contributed by atoms with Crippen LogP contribution in [0.25, 0.3) is 0 Å². The van der Waals surface area contributed by atoms with E-state index < -0.39 is 130 Å². The first-order chi connectivity index (χ1) is 39.7. The Morgan fingerprint density at radius 1 is 0.583 bits per heavy atom. The van der Waals surface area contributed by atoms with E-state index in [0.29, 0.717) is 0 Å². The first-order valence-corrected chi connectivity index (χ1v) is 26.8. The van der Waals surface area contributed by atoms with Crippen LogP contribution in [0.15, 0.2) is 84.9 Å². The number of benzene rings is 4. The number of amides is 6. The van der Waals surface area contributed by atoms with E-state index in [4.69, 9.17) is 28.4 Å². The van der Waals surface area contributed by atoms with Gasteiger partial charge in [-0.15, -0.1) is 11.8 Å². The summed E-state index contributed by atoms with van der Waals surface area (Å²) < 4.78 is 30.8. The number of esters is 6. The van der Waals surface area contributed by atoms with Crippen LogP contribution in [0, 0.1) is 0 Å². The summed E-state index contributed by atoms with van der Waals surface area (Å²) >= 11 is 1.19. The average Bonchev–Trinajstić information content (AvgIpc) is 1.98. The van der Waals surface area contributed by atoms with Gasteiger partial charge in [0.15, 0.2) is 34.5 Å². The molecule has 4 aromatic rings. The number of hydrogen-bond acceptors (Lipinski definition) is 20. The van der Waals surface area contributed by atoms with Gasteiger partial charge in [0.25, 0.3) is 17.7 Å². The van der Waals surface area contributed by atoms with E-state index in [9.17, 15) is 67.4 Å². The summed E-state index contributed by atoms with van der Waals surface area (Å²) in [4.78, 5) is 174. The van der Waals surface area contributed by atoms with Gasteiger partial charge < -0.3 is 64.2 Å². The molecule has 0 spiro atoms. The highest BCUT2D eigenvalue weighted by Crippen LogP contribution is 2.51. The smallest absolute Gasteiger partial charge is 0.327 e. The number of ether oxygens (including phenoxy) is 6. The first kappa shape index (κ1) is 63.5. The summed E-state index contributed by atoms with van der Waals surface area (Å²) in [6, 6.07) is 15.8. The Hall–Kier alpha value is -9.66. The van der Waals surface area contributed by atoms with E-state index in [0.717, 1.165) is 46.4 Å². The number of fused-ring (bicyclic) bond motifs is 1. The number of hydrogen-bond donors (Lipinski definition) is 4. The topological polar surface area (TPSA) is 343 Å². The lowest BCUT2D eigenvalue weighted by molar-refractivity contribution is -0.161. The molecule has 1 unspecified atom stereocenters. The van der Waals surface area contributed by atoms with Crippen molar-refractivity contribution in [1.82, 2.24) is 30.7 Å². The minimum absolute atomic E-state index is 0.0128. The highest BCUT2D eigenvalue weighted by atomic mass is 32.2. The summed E-state index contributed by atoms with van der Waals surface area (Å²) in [5, 5.41) is 17.2. The van der Waals surface area contributed by atoms with Crippen LogP contribution in [-0.2, 0) is 47.9 Å². The number of aliphatic carboxylic acids is 1. The summed E-state index contributed by atoms with van der Waals surface area (Å²) in [6.45, 7) is 7.86. The normalized spacial score (nSPS) is 15.7. The largest absolute Gasteiger partial charge is 0.480 e. The first-order valence-electron chi connectivity index (χ1n) is 25.9. The Kier molecular flexibility index (Phi) is 21.1. The lowest BCUT2D eigenvalue weighted by Gasteiger charge is -2.44. The standard InChI is InChI=1S/C57H60N6O20S/c1-30(64)78-40-22-12-19-37(46(40)81-33(4)67)50(71)58-25-15-26-61(52(73)38-20-13-23-41(79-31(2)65)47(38)82-34(5)68)27-16-28-62(53(74)39-21-14-24-42(80-32(3)66)48(39)83-35(6)69)29-43(70)59-44(36-17-10-9-11-18-36)51(72)60-45-54(75)63-49(56(76)77)57(7,8)84-55(45)63/h9-14,17-24,44-45,49,55H,15-16,25-29H2,1-8H3,(H,58,71)(H,59,70)(H,60,72)(H,76,77)/t44?,45-,49+,55-/m1/s1. The molecule has 0 aliphatic carbocycles. The summed E-state index contributed by atoms with van der Waals surface area (Å²) in [5.41, 5.74) is -0.570. The summed E-state index contributed by atoms with van der Waals surface area (Å²) in [6.07, 6.45) is -0.193. The number of carbonyl (C=O) groups is 13. The van der Waals surface area contributed by atoms with E-state index in [-0.39, 0.29) is 77.7 Å². The molecule has 444 valence electrons. The number of carboxylic acid groups (broad SMARTS) is 1. The molecule has 0 saturated carbocycles. The highest BCUT2D eigenvalue weighted by Gasteiger charge is 2.64. The Morgan fingerprint density at radius 3 is 1.50 bits per heavy atom. The van der Waals surface area contributed by atoms with Crippen LogP contribution in [0.1, 0.15) is 111 Å². The molecule has 4 aromatic carbocycles. The third-order valence-corrected chi connectivity index (χ3v) is 14.0. The molecule has 2 aliphatic heterocycles. The molecule has 2 saturated heterocycles.